The van der Waals surface area contributed by atoms with E-state index in [1.807, 2.05) is 7.05 Å². The SMILES string of the molecule is CN=C(NCCCCCOC1CCCCC1)NC1CC2CCC1O2. The first-order valence-electron chi connectivity index (χ1n) is 10.1. The van der Waals surface area contributed by atoms with E-state index in [4.69, 9.17) is 9.47 Å². The molecule has 0 radical (unpaired) electrons. The lowest BCUT2D eigenvalue weighted by atomic mass is 9.96. The zero-order chi connectivity index (χ0) is 16.6. The fourth-order valence-corrected chi connectivity index (χ4v) is 4.25. The number of rotatable bonds is 8. The van der Waals surface area contributed by atoms with Gasteiger partial charge in [0.15, 0.2) is 5.96 Å². The number of ether oxygens (including phenoxy) is 2. The van der Waals surface area contributed by atoms with Gasteiger partial charge in [0.1, 0.15) is 0 Å². The molecule has 0 aromatic heterocycles. The maximum Gasteiger partial charge on any atom is 0.191 e. The molecule has 3 rings (SSSR count). The molecule has 138 valence electrons. The molecule has 2 N–H and O–H groups in total. The minimum Gasteiger partial charge on any atom is -0.378 e. The first-order valence-corrected chi connectivity index (χ1v) is 10.1. The Hall–Kier alpha value is -0.810. The van der Waals surface area contributed by atoms with E-state index in [-0.39, 0.29) is 0 Å². The molecule has 0 aromatic rings. The summed E-state index contributed by atoms with van der Waals surface area (Å²) in [5, 5.41) is 6.97. The number of unbranched alkanes of at least 4 members (excludes halogenated alkanes) is 2. The fourth-order valence-electron chi connectivity index (χ4n) is 4.25. The number of nitrogens with one attached hydrogen (secondary N) is 2. The molecule has 3 fully saturated rings. The summed E-state index contributed by atoms with van der Waals surface area (Å²) in [6.07, 6.45) is 15.2. The van der Waals surface area contributed by atoms with Crippen molar-refractivity contribution in [2.45, 2.75) is 95.0 Å². The molecule has 2 heterocycles. The summed E-state index contributed by atoms with van der Waals surface area (Å²) in [5.41, 5.74) is 0. The first-order chi connectivity index (χ1) is 11.8. The van der Waals surface area contributed by atoms with Crippen LogP contribution in [0.3, 0.4) is 0 Å². The molecular formula is C19H35N3O2. The Morgan fingerprint density at radius 2 is 1.96 bits per heavy atom. The van der Waals surface area contributed by atoms with E-state index in [9.17, 15) is 0 Å². The van der Waals surface area contributed by atoms with E-state index in [2.05, 4.69) is 15.6 Å². The normalized spacial score (nSPS) is 30.7. The zero-order valence-corrected chi connectivity index (χ0v) is 15.3. The van der Waals surface area contributed by atoms with Crippen LogP contribution in [0.2, 0.25) is 0 Å². The maximum absolute atomic E-state index is 5.98. The molecule has 0 aromatic carbocycles. The maximum atomic E-state index is 5.98. The van der Waals surface area contributed by atoms with Crippen molar-refractivity contribution in [2.75, 3.05) is 20.2 Å². The smallest absolute Gasteiger partial charge is 0.191 e. The van der Waals surface area contributed by atoms with Crippen molar-refractivity contribution >= 4 is 5.96 Å². The lowest BCUT2D eigenvalue weighted by molar-refractivity contribution is 0.0264. The highest BCUT2D eigenvalue weighted by atomic mass is 16.5. The van der Waals surface area contributed by atoms with Gasteiger partial charge in [0, 0.05) is 20.2 Å². The van der Waals surface area contributed by atoms with Gasteiger partial charge in [-0.05, 0) is 51.4 Å². The molecule has 2 aliphatic heterocycles. The Labute approximate surface area is 147 Å². The van der Waals surface area contributed by atoms with E-state index in [1.165, 1.54) is 64.2 Å². The van der Waals surface area contributed by atoms with Crippen LogP contribution in [0.15, 0.2) is 4.99 Å². The lowest BCUT2D eigenvalue weighted by Crippen LogP contribution is -2.47. The number of fused-ring (bicyclic) bond motifs is 2. The molecule has 0 spiro atoms. The molecule has 0 amide bonds. The van der Waals surface area contributed by atoms with Crippen molar-refractivity contribution in [2.24, 2.45) is 4.99 Å². The van der Waals surface area contributed by atoms with Gasteiger partial charge < -0.3 is 20.1 Å². The summed E-state index contributed by atoms with van der Waals surface area (Å²) in [4.78, 5) is 4.34. The summed E-state index contributed by atoms with van der Waals surface area (Å²) >= 11 is 0. The molecule has 2 bridgehead atoms. The predicted molar refractivity (Wildman–Crippen MR) is 97.5 cm³/mol. The molecule has 5 heteroatoms. The third-order valence-corrected chi connectivity index (χ3v) is 5.67. The second-order valence-corrected chi connectivity index (χ2v) is 7.55. The van der Waals surface area contributed by atoms with Crippen molar-refractivity contribution in [3.8, 4) is 0 Å². The summed E-state index contributed by atoms with van der Waals surface area (Å²) in [6.45, 7) is 1.91. The number of aliphatic imine (C=N–C) groups is 1. The van der Waals surface area contributed by atoms with Crippen LogP contribution in [0.4, 0.5) is 0 Å². The highest BCUT2D eigenvalue weighted by Crippen LogP contribution is 2.34. The van der Waals surface area contributed by atoms with Gasteiger partial charge in [0.25, 0.3) is 0 Å². The summed E-state index contributed by atoms with van der Waals surface area (Å²) < 4.78 is 11.9. The largest absolute Gasteiger partial charge is 0.378 e. The fraction of sp³-hybridized carbons (Fsp3) is 0.947. The van der Waals surface area contributed by atoms with Gasteiger partial charge in [-0.2, -0.15) is 0 Å². The van der Waals surface area contributed by atoms with E-state index >= 15 is 0 Å². The van der Waals surface area contributed by atoms with Crippen LogP contribution in [0.1, 0.15) is 70.6 Å². The van der Waals surface area contributed by atoms with E-state index in [0.717, 1.165) is 25.5 Å². The van der Waals surface area contributed by atoms with Crippen LogP contribution >= 0.6 is 0 Å². The second-order valence-electron chi connectivity index (χ2n) is 7.55. The van der Waals surface area contributed by atoms with E-state index < -0.39 is 0 Å². The standard InChI is InChI=1S/C19H35N3O2/c1-20-19(22-17-14-16-10-11-18(17)24-16)21-12-6-3-7-13-23-15-8-4-2-5-9-15/h15-18H,2-14H2,1H3,(H2,20,21,22). The van der Waals surface area contributed by atoms with Gasteiger partial charge >= 0.3 is 0 Å². The third-order valence-electron chi connectivity index (χ3n) is 5.67. The number of nitrogens with zero attached hydrogens (tertiary/aromatic N) is 1. The predicted octanol–water partition coefficient (Wildman–Crippen LogP) is 2.99. The lowest BCUT2D eigenvalue weighted by Gasteiger charge is -2.23. The van der Waals surface area contributed by atoms with Gasteiger partial charge in [0.2, 0.25) is 0 Å². The molecule has 24 heavy (non-hydrogen) atoms. The Morgan fingerprint density at radius 1 is 1.08 bits per heavy atom. The quantitative estimate of drug-likeness (QED) is 0.406. The van der Waals surface area contributed by atoms with Crippen molar-refractivity contribution in [3.05, 3.63) is 0 Å². The topological polar surface area (TPSA) is 54.9 Å². The molecule has 2 saturated heterocycles. The Bertz CT molecular complexity index is 396. The Morgan fingerprint density at radius 3 is 2.67 bits per heavy atom. The average molecular weight is 338 g/mol. The van der Waals surface area contributed by atoms with Crippen LogP contribution in [-0.2, 0) is 9.47 Å². The molecular weight excluding hydrogens is 302 g/mol. The van der Waals surface area contributed by atoms with Crippen molar-refractivity contribution in [1.82, 2.24) is 10.6 Å². The van der Waals surface area contributed by atoms with E-state index in [0.29, 0.717) is 24.4 Å². The number of hydrogen-bond donors (Lipinski definition) is 2. The van der Waals surface area contributed by atoms with Crippen molar-refractivity contribution in [1.29, 1.82) is 0 Å². The van der Waals surface area contributed by atoms with Gasteiger partial charge in [-0.15, -0.1) is 0 Å². The van der Waals surface area contributed by atoms with Gasteiger partial charge in [-0.1, -0.05) is 19.3 Å². The summed E-state index contributed by atoms with van der Waals surface area (Å²) in [6, 6.07) is 0.443. The zero-order valence-electron chi connectivity index (χ0n) is 15.3. The average Bonchev–Trinajstić information content (AvgIpc) is 3.23. The number of hydrogen-bond acceptors (Lipinski definition) is 3. The molecule has 3 unspecified atom stereocenters. The second kappa shape index (κ2) is 9.62. The highest BCUT2D eigenvalue weighted by Gasteiger charge is 2.41. The van der Waals surface area contributed by atoms with Gasteiger partial charge in [-0.25, -0.2) is 0 Å². The highest BCUT2D eigenvalue weighted by molar-refractivity contribution is 5.80. The monoisotopic (exact) mass is 337 g/mol. The van der Waals surface area contributed by atoms with Crippen LogP contribution in [0.25, 0.3) is 0 Å². The van der Waals surface area contributed by atoms with Crippen LogP contribution in [-0.4, -0.2) is 50.5 Å². The molecule has 1 aliphatic carbocycles. The number of guanidine groups is 1. The van der Waals surface area contributed by atoms with E-state index in [1.54, 1.807) is 0 Å². The van der Waals surface area contributed by atoms with Gasteiger partial charge in [-0.3, -0.25) is 4.99 Å². The molecule has 1 saturated carbocycles. The third kappa shape index (κ3) is 5.35. The Balaban J connectivity index is 1.19. The minimum atomic E-state index is 0.394. The first kappa shape index (κ1) is 18.0. The Kier molecular flexibility index (Phi) is 7.21. The van der Waals surface area contributed by atoms with Crippen LogP contribution in [0, 0.1) is 0 Å². The van der Waals surface area contributed by atoms with Crippen LogP contribution in [0.5, 0.6) is 0 Å². The van der Waals surface area contributed by atoms with Crippen LogP contribution < -0.4 is 10.6 Å². The minimum absolute atomic E-state index is 0.394. The van der Waals surface area contributed by atoms with Gasteiger partial charge in [0.05, 0.1) is 24.4 Å². The summed E-state index contributed by atoms with van der Waals surface area (Å²) in [5.74, 6) is 0.926. The van der Waals surface area contributed by atoms with Crippen molar-refractivity contribution < 1.29 is 9.47 Å². The molecule has 3 aliphatic rings. The molecule has 3 atom stereocenters. The summed E-state index contributed by atoms with van der Waals surface area (Å²) in [7, 11) is 1.85. The molecule has 5 nitrogen and oxygen atoms in total. The van der Waals surface area contributed by atoms with Crippen molar-refractivity contribution in [3.63, 3.8) is 0 Å².